The second kappa shape index (κ2) is 5.12. The van der Waals surface area contributed by atoms with E-state index in [-0.39, 0.29) is 5.78 Å². The molecule has 2 aromatic rings. The Bertz CT molecular complexity index is 544. The Kier molecular flexibility index (Phi) is 3.36. The zero-order valence-electron chi connectivity index (χ0n) is 9.34. The number of carbonyl (C=O) groups is 1. The van der Waals surface area contributed by atoms with E-state index in [0.29, 0.717) is 11.3 Å². The summed E-state index contributed by atoms with van der Waals surface area (Å²) in [5.74, 6) is -0.0196. The van der Waals surface area contributed by atoms with E-state index in [1.807, 2.05) is 42.5 Å². The maximum atomic E-state index is 11.8. The van der Waals surface area contributed by atoms with Crippen LogP contribution >= 0.6 is 0 Å². The molecule has 0 heterocycles. The van der Waals surface area contributed by atoms with Crippen LogP contribution in [0, 0.1) is 0 Å². The van der Waals surface area contributed by atoms with Crippen molar-refractivity contribution in [3.05, 3.63) is 71.8 Å². The lowest BCUT2D eigenvalue weighted by Crippen LogP contribution is -1.93. The van der Waals surface area contributed by atoms with Gasteiger partial charge in [-0.05, 0) is 23.8 Å². The van der Waals surface area contributed by atoms with Crippen LogP contribution in [0.2, 0.25) is 0 Å². The second-order valence-electron chi connectivity index (χ2n) is 3.69. The van der Waals surface area contributed by atoms with Gasteiger partial charge in [0.05, 0.1) is 0 Å². The molecule has 0 saturated carbocycles. The highest BCUT2D eigenvalue weighted by Crippen LogP contribution is 2.12. The van der Waals surface area contributed by atoms with E-state index in [1.165, 1.54) is 0 Å². The van der Waals surface area contributed by atoms with Crippen molar-refractivity contribution in [1.29, 1.82) is 0 Å². The number of anilines is 1. The molecule has 0 fully saturated rings. The third-order valence-electron chi connectivity index (χ3n) is 2.47. The molecule has 0 atom stereocenters. The van der Waals surface area contributed by atoms with Crippen molar-refractivity contribution in [2.45, 2.75) is 0 Å². The van der Waals surface area contributed by atoms with Crippen LogP contribution in [0.5, 0.6) is 0 Å². The molecule has 84 valence electrons. The Morgan fingerprint density at radius 1 is 0.941 bits per heavy atom. The second-order valence-corrected chi connectivity index (χ2v) is 3.69. The summed E-state index contributed by atoms with van der Waals surface area (Å²) in [5, 5.41) is 0. The summed E-state index contributed by atoms with van der Waals surface area (Å²) in [6, 6.07) is 16.6. The summed E-state index contributed by atoms with van der Waals surface area (Å²) >= 11 is 0. The molecule has 0 spiro atoms. The van der Waals surface area contributed by atoms with Crippen LogP contribution in [0.4, 0.5) is 5.69 Å². The van der Waals surface area contributed by atoms with Gasteiger partial charge in [0.25, 0.3) is 0 Å². The first kappa shape index (κ1) is 11.1. The van der Waals surface area contributed by atoms with E-state index in [4.69, 9.17) is 5.73 Å². The van der Waals surface area contributed by atoms with Gasteiger partial charge in [0, 0.05) is 11.3 Å². The first-order valence-electron chi connectivity index (χ1n) is 5.39. The molecule has 0 radical (unpaired) electrons. The number of nitrogen functional groups attached to an aromatic ring is 1. The van der Waals surface area contributed by atoms with Crippen LogP contribution in [-0.2, 0) is 0 Å². The monoisotopic (exact) mass is 223 g/mol. The summed E-state index contributed by atoms with van der Waals surface area (Å²) < 4.78 is 0. The van der Waals surface area contributed by atoms with E-state index in [1.54, 1.807) is 24.3 Å². The number of rotatable bonds is 3. The van der Waals surface area contributed by atoms with Gasteiger partial charge in [-0.1, -0.05) is 48.5 Å². The zero-order chi connectivity index (χ0) is 12.1. The standard InChI is InChI=1S/C15H13NO/c16-14-9-5-4-6-12(14)10-11-15(17)13-7-2-1-3-8-13/h1-11H,16H2. The highest BCUT2D eigenvalue weighted by molar-refractivity contribution is 6.07. The number of allylic oxidation sites excluding steroid dienone is 1. The molecule has 2 N–H and O–H groups in total. The van der Waals surface area contributed by atoms with Gasteiger partial charge in [0.15, 0.2) is 5.78 Å². The van der Waals surface area contributed by atoms with Gasteiger partial charge in [-0.3, -0.25) is 4.79 Å². The molecule has 2 aromatic carbocycles. The largest absolute Gasteiger partial charge is 0.398 e. The maximum absolute atomic E-state index is 11.8. The first-order valence-corrected chi connectivity index (χ1v) is 5.39. The number of benzene rings is 2. The van der Waals surface area contributed by atoms with Crippen LogP contribution < -0.4 is 5.73 Å². The molecule has 2 heteroatoms. The molecule has 0 aliphatic carbocycles. The van der Waals surface area contributed by atoms with E-state index in [0.717, 1.165) is 5.56 Å². The minimum Gasteiger partial charge on any atom is -0.398 e. The van der Waals surface area contributed by atoms with Crippen molar-refractivity contribution in [3.8, 4) is 0 Å². The van der Waals surface area contributed by atoms with Crippen molar-refractivity contribution in [1.82, 2.24) is 0 Å². The lowest BCUT2D eigenvalue weighted by molar-refractivity contribution is 0.104. The summed E-state index contributed by atoms with van der Waals surface area (Å²) in [5.41, 5.74) is 7.99. The van der Waals surface area contributed by atoms with Crippen molar-refractivity contribution < 1.29 is 4.79 Å². The van der Waals surface area contributed by atoms with Crippen molar-refractivity contribution in [2.75, 3.05) is 5.73 Å². The normalized spacial score (nSPS) is 10.6. The van der Waals surface area contributed by atoms with Gasteiger partial charge in [0.1, 0.15) is 0 Å². The molecule has 2 rings (SSSR count). The summed E-state index contributed by atoms with van der Waals surface area (Å²) in [7, 11) is 0. The van der Waals surface area contributed by atoms with Crippen molar-refractivity contribution >= 4 is 17.5 Å². The van der Waals surface area contributed by atoms with E-state index in [9.17, 15) is 4.79 Å². The number of para-hydroxylation sites is 1. The third kappa shape index (κ3) is 2.82. The van der Waals surface area contributed by atoms with Gasteiger partial charge in [0.2, 0.25) is 0 Å². The van der Waals surface area contributed by atoms with Crippen LogP contribution in [0.3, 0.4) is 0 Å². The fourth-order valence-corrected chi connectivity index (χ4v) is 1.53. The molecule has 0 saturated heterocycles. The number of hydrogen-bond donors (Lipinski definition) is 1. The van der Waals surface area contributed by atoms with Crippen LogP contribution in [0.15, 0.2) is 60.7 Å². The topological polar surface area (TPSA) is 43.1 Å². The van der Waals surface area contributed by atoms with Gasteiger partial charge in [-0.15, -0.1) is 0 Å². The lowest BCUT2D eigenvalue weighted by atomic mass is 10.1. The van der Waals surface area contributed by atoms with Crippen LogP contribution in [0.1, 0.15) is 15.9 Å². The smallest absolute Gasteiger partial charge is 0.185 e. The Morgan fingerprint density at radius 2 is 1.59 bits per heavy atom. The van der Waals surface area contributed by atoms with Gasteiger partial charge >= 0.3 is 0 Å². The quantitative estimate of drug-likeness (QED) is 0.493. The van der Waals surface area contributed by atoms with Crippen LogP contribution in [0.25, 0.3) is 6.08 Å². The van der Waals surface area contributed by atoms with E-state index in [2.05, 4.69) is 0 Å². The highest BCUT2D eigenvalue weighted by Gasteiger charge is 2.00. The average Bonchev–Trinajstić information content (AvgIpc) is 2.38. The minimum atomic E-state index is -0.0196. The Morgan fingerprint density at radius 3 is 2.29 bits per heavy atom. The summed E-state index contributed by atoms with van der Waals surface area (Å²) in [6.07, 6.45) is 3.28. The molecule has 0 aliphatic rings. The van der Waals surface area contributed by atoms with Crippen molar-refractivity contribution in [2.24, 2.45) is 0 Å². The molecule has 2 nitrogen and oxygen atoms in total. The molecule has 0 amide bonds. The Labute approximate surface area is 100 Å². The average molecular weight is 223 g/mol. The molecular weight excluding hydrogens is 210 g/mol. The molecule has 17 heavy (non-hydrogen) atoms. The maximum Gasteiger partial charge on any atom is 0.185 e. The van der Waals surface area contributed by atoms with Gasteiger partial charge < -0.3 is 5.73 Å². The predicted octanol–water partition coefficient (Wildman–Crippen LogP) is 3.16. The Hall–Kier alpha value is -2.35. The van der Waals surface area contributed by atoms with Gasteiger partial charge in [-0.25, -0.2) is 0 Å². The summed E-state index contributed by atoms with van der Waals surface area (Å²) in [4.78, 5) is 11.8. The summed E-state index contributed by atoms with van der Waals surface area (Å²) in [6.45, 7) is 0. The third-order valence-corrected chi connectivity index (χ3v) is 2.47. The zero-order valence-corrected chi connectivity index (χ0v) is 9.34. The molecule has 0 unspecified atom stereocenters. The van der Waals surface area contributed by atoms with Gasteiger partial charge in [-0.2, -0.15) is 0 Å². The number of ketones is 1. The van der Waals surface area contributed by atoms with E-state index < -0.39 is 0 Å². The van der Waals surface area contributed by atoms with E-state index >= 15 is 0 Å². The molecule has 0 bridgehead atoms. The molecule has 0 aromatic heterocycles. The molecule has 0 aliphatic heterocycles. The first-order chi connectivity index (χ1) is 8.27. The Balaban J connectivity index is 2.17. The fourth-order valence-electron chi connectivity index (χ4n) is 1.53. The predicted molar refractivity (Wildman–Crippen MR) is 70.7 cm³/mol. The van der Waals surface area contributed by atoms with Crippen LogP contribution in [-0.4, -0.2) is 5.78 Å². The number of carbonyl (C=O) groups excluding carboxylic acids is 1. The number of hydrogen-bond acceptors (Lipinski definition) is 2. The SMILES string of the molecule is Nc1ccccc1C=CC(=O)c1ccccc1. The lowest BCUT2D eigenvalue weighted by Gasteiger charge is -1.98. The van der Waals surface area contributed by atoms with Crippen molar-refractivity contribution in [3.63, 3.8) is 0 Å². The fraction of sp³-hybridized carbons (Fsp3) is 0. The minimum absolute atomic E-state index is 0.0196. The molecular formula is C15H13NO. The highest BCUT2D eigenvalue weighted by atomic mass is 16.1. The number of nitrogens with two attached hydrogens (primary N) is 1.